The number of aromatic amines is 5. The fraction of sp³-hybridized carbons (Fsp3) is 0.340. The Hall–Kier alpha value is -11.5. The number of nitrogens with zero attached hydrogens (tertiary/aromatic N) is 12. The first-order valence-electron chi connectivity index (χ1n) is 44.3. The first kappa shape index (κ1) is 94.7. The lowest BCUT2D eigenvalue weighted by Crippen LogP contribution is -2.43. The highest BCUT2D eigenvalue weighted by atomic mass is 79.9. The normalized spacial score (nSPS) is 18.2. The average molecular weight is 2130 g/mol. The molecule has 5 saturated heterocycles. The molecule has 0 radical (unpaired) electrons. The number of aromatic nitrogens is 12. The largest absolute Gasteiger partial charge is 0.497 e. The highest BCUT2D eigenvalue weighted by molar-refractivity contribution is 9.11. The number of rotatable bonds is 16. The molecule has 5 atom stereocenters. The van der Waals surface area contributed by atoms with Gasteiger partial charge in [-0.25, -0.2) is 29.3 Å². The van der Waals surface area contributed by atoms with E-state index >= 15 is 0 Å². The number of fused-ring (bicyclic) bond motifs is 5. The molecule has 694 valence electrons. The molecule has 14 aromatic rings. The minimum Gasteiger partial charge on any atom is -0.497 e. The van der Waals surface area contributed by atoms with Gasteiger partial charge in [-0.15, -0.1) is 0 Å². The summed E-state index contributed by atoms with van der Waals surface area (Å²) in [6, 6.07) is 20.6. The molecule has 0 bridgehead atoms. The molecule has 133 heavy (non-hydrogen) atoms. The van der Waals surface area contributed by atoms with Gasteiger partial charge in [-0.05, 0) is 231 Å². The van der Waals surface area contributed by atoms with Crippen molar-refractivity contribution in [2.24, 2.45) is 34.1 Å². The van der Waals surface area contributed by atoms with E-state index < -0.39 is 5.82 Å². The predicted molar refractivity (Wildman–Crippen MR) is 541 cm³/mol. The highest BCUT2D eigenvalue weighted by Crippen LogP contribution is 2.49. The molecule has 20 N–H and O–H groups in total. The number of ether oxygens (including phenoxy) is 1. The van der Waals surface area contributed by atoms with Crippen molar-refractivity contribution in [1.82, 2.24) is 59.8 Å². The van der Waals surface area contributed by atoms with E-state index in [9.17, 15) is 28.4 Å². The van der Waals surface area contributed by atoms with Crippen LogP contribution in [0.3, 0.4) is 0 Å². The van der Waals surface area contributed by atoms with Gasteiger partial charge in [-0.1, -0.05) is 25.1 Å². The third-order valence-electron chi connectivity index (χ3n) is 24.7. The SMILES string of the molecule is CC1(C(=O)Nc2c[nH]c3ncc(Br)c(N4CCC[C@@H](N)C4)c23)CC1.COc1cccc(C(=O)Nc2c[nH]c3ncc(Br)c(N4CCC[C@@H](N)C4)c23)c1.Cc1cccnc1C(=O)Nc1c[nH]c2ncc(Br)c(N3CCC[C@@H](N)C3)c12.Cc1ncccc1C(=O)Nc1c[nH]c2ncc(Br)c(N3CCC[C@@H](N)C3)c12.N[C@@H]1CCCN(c2c(Br)cnc3[nH]cc(NC(=O)c4cccc(F)c4)c23)C1. The summed E-state index contributed by atoms with van der Waals surface area (Å²) in [6.07, 6.45) is 33.3. The van der Waals surface area contributed by atoms with Crippen molar-refractivity contribution in [2.75, 3.05) is 124 Å². The predicted octanol–water partition coefficient (Wildman–Crippen LogP) is 16.6. The molecule has 0 spiro atoms. The van der Waals surface area contributed by atoms with Crippen LogP contribution in [0.2, 0.25) is 0 Å². The lowest BCUT2D eigenvalue weighted by molar-refractivity contribution is -0.120. The summed E-state index contributed by atoms with van der Waals surface area (Å²) in [5.41, 5.74) is 46.1. The molecule has 6 aliphatic rings. The number of nitrogens with two attached hydrogens (primary N) is 5. The van der Waals surface area contributed by atoms with Gasteiger partial charge >= 0.3 is 0 Å². The smallest absolute Gasteiger partial charge is 0.274 e. The number of halogens is 6. The minimum atomic E-state index is -0.450. The van der Waals surface area contributed by atoms with Crippen LogP contribution in [-0.2, 0) is 4.79 Å². The standard InChI is InChI=1S/C20H22BrN5O2.C19H19BrFN5O.2C19H21BrN6O.C17H22BrN5O/c1-28-14-6-2-4-12(8-14)20(27)25-16-10-24-19-17(16)18(15(21)9-23-19)26-7-3-5-13(22)11-26;20-14-8-23-18-16(17(14)26-6-2-5-13(22)10-26)15(9-24-18)25-19(27)11-3-1-4-12(21)7-11;1-11-13(5-2-6-22-11)19(27)25-15-9-24-18-16(15)17(14(20)8-23-18)26-7-3-4-12(21)10-26;1-11-4-2-6-22-16(11)19(27)25-14-9-24-18-15(14)17(13(20)8-23-18)26-7-3-5-12(21)10-26;1-17(4-5-17)16(24)22-12-8-21-15-13(12)14(11(18)7-20-15)23-6-2-3-10(19)9-23/h2,4,6,8-10,13H,3,5,7,11,22H2,1H3,(H,23,24)(H,25,27);1,3-4,7-9,13H,2,5-6,10,22H2,(H,23,24)(H,25,27);2,5-6,8-9,12H,3-4,7,10,21H2,1H3,(H,23,24)(H,25,27);2,4,6,8-9,12H,3,5,7,10,21H2,1H3,(H,23,24)(H,25,27);7-8,10H,2-6,9,19H2,1H3,(H,20,21)(H,22,24)/t2*13-;2*12-;10-/m11111/s1. The Morgan fingerprint density at radius 3 is 1.07 bits per heavy atom. The van der Waals surface area contributed by atoms with Crippen molar-refractivity contribution in [2.45, 2.75) is 128 Å². The van der Waals surface area contributed by atoms with Crippen LogP contribution in [0.25, 0.3) is 55.2 Å². The Balaban J connectivity index is 0.000000121. The Labute approximate surface area is 808 Å². The first-order chi connectivity index (χ1) is 64.1. The first-order valence-corrected chi connectivity index (χ1v) is 48.2. The summed E-state index contributed by atoms with van der Waals surface area (Å²) in [4.78, 5) is 121. The van der Waals surface area contributed by atoms with Crippen molar-refractivity contribution in [3.8, 4) is 5.75 Å². The van der Waals surface area contributed by atoms with Crippen molar-refractivity contribution in [3.63, 3.8) is 0 Å². The zero-order valence-corrected chi connectivity index (χ0v) is 81.7. The minimum absolute atomic E-state index is 0.0877. The van der Waals surface area contributed by atoms with Gasteiger partial charge in [0, 0.05) is 192 Å². The van der Waals surface area contributed by atoms with E-state index in [1.807, 2.05) is 45.3 Å². The number of methoxy groups -OCH3 is 1. The molecular weight excluding hydrogens is 2020 g/mol. The number of aryl methyl sites for hydroxylation is 2. The maximum Gasteiger partial charge on any atom is 0.274 e. The average Bonchev–Trinajstić information content (AvgIpc) is 1.67. The van der Waals surface area contributed by atoms with Gasteiger partial charge in [0.1, 0.15) is 45.5 Å². The number of carbonyl (C=O) groups excluding carboxylic acids is 5. The van der Waals surface area contributed by atoms with Gasteiger partial charge in [-0.3, -0.25) is 33.9 Å². The van der Waals surface area contributed by atoms with Crippen LogP contribution in [0.5, 0.6) is 5.75 Å². The van der Waals surface area contributed by atoms with Crippen molar-refractivity contribution in [3.05, 3.63) is 209 Å². The second kappa shape index (κ2) is 41.9. The number of hydrogen-bond acceptors (Lipinski definition) is 23. The van der Waals surface area contributed by atoms with E-state index in [-0.39, 0.29) is 70.7 Å². The molecule has 2 aromatic carbocycles. The van der Waals surface area contributed by atoms with Gasteiger partial charge < -0.3 is 109 Å². The monoisotopic (exact) mass is 2120 g/mol. The number of amides is 5. The van der Waals surface area contributed by atoms with Crippen LogP contribution in [0.1, 0.15) is 137 Å². The van der Waals surface area contributed by atoms with E-state index in [0.29, 0.717) is 56.7 Å². The van der Waals surface area contributed by atoms with E-state index in [1.54, 1.807) is 112 Å². The number of piperidine rings is 5. The molecule has 17 heterocycles. The van der Waals surface area contributed by atoms with Crippen LogP contribution in [-0.4, -0.2) is 192 Å². The molecule has 12 aromatic heterocycles. The lowest BCUT2D eigenvalue weighted by atomic mass is 10.1. The van der Waals surface area contributed by atoms with Gasteiger partial charge in [-0.2, -0.15) is 0 Å². The maximum atomic E-state index is 13.4. The number of pyridine rings is 7. The topological polar surface area (TPSA) is 470 Å². The molecule has 39 heteroatoms. The molecule has 1 aliphatic carbocycles. The quantitative estimate of drug-likeness (QED) is 0.0427. The number of hydrogen-bond donors (Lipinski definition) is 15. The second-order valence-electron chi connectivity index (χ2n) is 34.5. The molecule has 5 aliphatic heterocycles. The lowest BCUT2D eigenvalue weighted by Gasteiger charge is -2.33. The van der Waals surface area contributed by atoms with Crippen molar-refractivity contribution >= 4 is 221 Å². The third kappa shape index (κ3) is 21.6. The van der Waals surface area contributed by atoms with Crippen molar-refractivity contribution in [1.29, 1.82) is 0 Å². The van der Waals surface area contributed by atoms with E-state index in [1.165, 1.54) is 18.2 Å². The Kier molecular flexibility index (Phi) is 29.9. The van der Waals surface area contributed by atoms with Crippen molar-refractivity contribution < 1.29 is 33.1 Å². The number of nitrogens with one attached hydrogen (secondary N) is 10. The van der Waals surface area contributed by atoms with Gasteiger partial charge in [0.2, 0.25) is 5.91 Å². The number of anilines is 10. The van der Waals surface area contributed by atoms with Crippen LogP contribution in [0.15, 0.2) is 170 Å². The number of carbonyl (C=O) groups is 5. The zero-order chi connectivity index (χ0) is 93.5. The third-order valence-corrected chi connectivity index (χ3v) is 27.6. The zero-order valence-electron chi connectivity index (χ0n) is 73.8. The van der Waals surface area contributed by atoms with Crippen LogP contribution in [0, 0.1) is 25.1 Å². The van der Waals surface area contributed by atoms with E-state index in [0.717, 1.165) is 254 Å². The molecular formula is C94H105Br5FN27O6. The molecule has 20 rings (SSSR count). The van der Waals surface area contributed by atoms with E-state index in [4.69, 9.17) is 33.4 Å². The molecule has 5 amide bonds. The summed E-state index contributed by atoms with van der Waals surface area (Å²) in [6.45, 7) is 14.2. The maximum absolute atomic E-state index is 13.4. The molecule has 6 fully saturated rings. The Morgan fingerprint density at radius 1 is 0.414 bits per heavy atom. The van der Waals surface area contributed by atoms with Crippen LogP contribution < -0.4 is 84.5 Å². The van der Waals surface area contributed by atoms with Gasteiger partial charge in [0.15, 0.2) is 0 Å². The molecule has 1 saturated carbocycles. The van der Waals surface area contributed by atoms with Gasteiger partial charge in [0.05, 0.1) is 119 Å². The molecule has 33 nitrogen and oxygen atoms in total. The van der Waals surface area contributed by atoms with Crippen LogP contribution >= 0.6 is 79.6 Å². The molecule has 0 unspecified atom stereocenters. The summed E-state index contributed by atoms with van der Waals surface area (Å²) >= 11 is 18.1. The highest BCUT2D eigenvalue weighted by Gasteiger charge is 2.45. The van der Waals surface area contributed by atoms with Crippen LogP contribution in [0.4, 0.5) is 61.3 Å². The fourth-order valence-corrected chi connectivity index (χ4v) is 20.4. The Bertz CT molecular complexity index is 6480. The number of benzene rings is 2. The summed E-state index contributed by atoms with van der Waals surface area (Å²) in [5.74, 6) is -0.742. The van der Waals surface area contributed by atoms with Gasteiger partial charge in [0.25, 0.3) is 23.6 Å². The van der Waals surface area contributed by atoms with E-state index in [2.05, 4.69) is 191 Å². The second-order valence-corrected chi connectivity index (χ2v) is 38.8. The Morgan fingerprint density at radius 2 is 0.737 bits per heavy atom. The fourth-order valence-electron chi connectivity index (χ4n) is 17.7. The summed E-state index contributed by atoms with van der Waals surface area (Å²) < 4.78 is 23.1. The summed E-state index contributed by atoms with van der Waals surface area (Å²) in [5, 5.41) is 19.4. The number of H-pyrrole nitrogens is 5. The summed E-state index contributed by atoms with van der Waals surface area (Å²) in [7, 11) is 1.58.